The maximum atomic E-state index is 4.51. The maximum Gasteiger partial charge on any atom is 0.0897 e. The van der Waals surface area contributed by atoms with Crippen molar-refractivity contribution in [3.05, 3.63) is 16.1 Å². The number of aryl methyl sites for hydroxylation is 1. The largest absolute Gasteiger partial charge is 0.313 e. The Hall–Kier alpha value is -0.410. The van der Waals surface area contributed by atoms with Crippen LogP contribution in [-0.4, -0.2) is 17.6 Å². The summed E-state index contributed by atoms with van der Waals surface area (Å²) in [4.78, 5) is 4.51. The monoisotopic (exact) mass is 252 g/mol. The van der Waals surface area contributed by atoms with E-state index < -0.39 is 0 Å². The quantitative estimate of drug-likeness (QED) is 0.867. The highest BCUT2D eigenvalue weighted by atomic mass is 32.1. The average molecular weight is 252 g/mol. The van der Waals surface area contributed by atoms with Crippen molar-refractivity contribution in [2.75, 3.05) is 6.54 Å². The normalized spacial score (nSPS) is 25.1. The van der Waals surface area contributed by atoms with Crippen molar-refractivity contribution in [2.45, 2.75) is 58.4 Å². The molecule has 0 aliphatic heterocycles. The number of rotatable bonds is 5. The first-order valence-electron chi connectivity index (χ1n) is 6.94. The van der Waals surface area contributed by atoms with E-state index in [4.69, 9.17) is 0 Å². The third-order valence-electron chi connectivity index (χ3n) is 3.89. The number of thiazole rings is 1. The molecular weight excluding hydrogens is 228 g/mol. The zero-order valence-corrected chi connectivity index (χ0v) is 11.9. The van der Waals surface area contributed by atoms with Crippen molar-refractivity contribution >= 4 is 11.3 Å². The second kappa shape index (κ2) is 6.50. The molecule has 2 unspecified atom stereocenters. The van der Waals surface area contributed by atoms with Gasteiger partial charge in [-0.25, -0.2) is 4.98 Å². The highest BCUT2D eigenvalue weighted by Crippen LogP contribution is 2.26. The summed E-state index contributed by atoms with van der Waals surface area (Å²) in [6, 6.07) is 0.758. The lowest BCUT2D eigenvalue weighted by Gasteiger charge is -2.31. The van der Waals surface area contributed by atoms with Crippen molar-refractivity contribution in [1.82, 2.24) is 10.3 Å². The predicted octanol–water partition coefficient (Wildman–Crippen LogP) is 3.55. The summed E-state index contributed by atoms with van der Waals surface area (Å²) < 4.78 is 0. The summed E-state index contributed by atoms with van der Waals surface area (Å²) in [6.45, 7) is 5.49. The van der Waals surface area contributed by atoms with Gasteiger partial charge < -0.3 is 5.32 Å². The van der Waals surface area contributed by atoms with Crippen LogP contribution in [0.4, 0.5) is 0 Å². The van der Waals surface area contributed by atoms with Crippen LogP contribution >= 0.6 is 11.3 Å². The van der Waals surface area contributed by atoms with Crippen LogP contribution < -0.4 is 5.32 Å². The van der Waals surface area contributed by atoms with Gasteiger partial charge in [-0.1, -0.05) is 26.2 Å². The lowest BCUT2D eigenvalue weighted by atomic mass is 9.83. The van der Waals surface area contributed by atoms with E-state index in [2.05, 4.69) is 29.5 Å². The Balaban J connectivity index is 1.73. The molecule has 3 heteroatoms. The number of hydrogen-bond acceptors (Lipinski definition) is 3. The van der Waals surface area contributed by atoms with Crippen LogP contribution in [0, 0.1) is 12.8 Å². The van der Waals surface area contributed by atoms with Crippen LogP contribution in [0.25, 0.3) is 0 Å². The van der Waals surface area contributed by atoms with E-state index >= 15 is 0 Å². The molecule has 0 radical (unpaired) electrons. The number of hydrogen-bond donors (Lipinski definition) is 1. The molecule has 0 amide bonds. The fourth-order valence-electron chi connectivity index (χ4n) is 2.87. The van der Waals surface area contributed by atoms with Crippen LogP contribution in [0.1, 0.15) is 49.7 Å². The summed E-state index contributed by atoms with van der Waals surface area (Å²) in [5.41, 5.74) is 1.25. The molecule has 2 nitrogen and oxygen atoms in total. The Morgan fingerprint density at radius 2 is 2.24 bits per heavy atom. The van der Waals surface area contributed by atoms with Crippen molar-refractivity contribution < 1.29 is 0 Å². The van der Waals surface area contributed by atoms with Gasteiger partial charge in [0.05, 0.1) is 10.7 Å². The third-order valence-corrected chi connectivity index (χ3v) is 4.71. The maximum absolute atomic E-state index is 4.51. The van der Waals surface area contributed by atoms with Gasteiger partial charge in [0.1, 0.15) is 0 Å². The highest BCUT2D eigenvalue weighted by Gasteiger charge is 2.22. The van der Waals surface area contributed by atoms with Gasteiger partial charge in [-0.15, -0.1) is 11.3 Å². The molecule has 1 saturated carbocycles. The molecule has 96 valence electrons. The molecule has 1 N–H and O–H groups in total. The van der Waals surface area contributed by atoms with Crippen LogP contribution in [0.3, 0.4) is 0 Å². The molecule has 0 saturated heterocycles. The summed E-state index contributed by atoms with van der Waals surface area (Å²) in [6.07, 6.45) is 8.04. The third kappa shape index (κ3) is 3.78. The molecule has 1 aliphatic carbocycles. The summed E-state index contributed by atoms with van der Waals surface area (Å²) in [7, 11) is 0. The van der Waals surface area contributed by atoms with Crippen molar-refractivity contribution in [3.63, 3.8) is 0 Å². The van der Waals surface area contributed by atoms with Crippen molar-refractivity contribution in [1.29, 1.82) is 0 Å². The molecule has 2 rings (SSSR count). The fourth-order valence-corrected chi connectivity index (χ4v) is 3.52. The molecule has 1 aromatic heterocycles. The van der Waals surface area contributed by atoms with E-state index in [1.54, 1.807) is 11.3 Å². The topological polar surface area (TPSA) is 24.9 Å². The highest BCUT2D eigenvalue weighted by molar-refractivity contribution is 7.09. The van der Waals surface area contributed by atoms with Crippen molar-refractivity contribution in [2.24, 2.45) is 5.92 Å². The number of aromatic nitrogens is 1. The molecular formula is C14H24N2S. The van der Waals surface area contributed by atoms with E-state index in [-0.39, 0.29) is 0 Å². The Morgan fingerprint density at radius 3 is 2.94 bits per heavy atom. The lowest BCUT2D eigenvalue weighted by Crippen LogP contribution is -2.39. The molecule has 1 aromatic rings. The molecule has 1 fully saturated rings. The van der Waals surface area contributed by atoms with Gasteiger partial charge >= 0.3 is 0 Å². The summed E-state index contributed by atoms with van der Waals surface area (Å²) in [5.74, 6) is 0.904. The lowest BCUT2D eigenvalue weighted by molar-refractivity contribution is 0.257. The molecule has 1 heterocycles. The van der Waals surface area contributed by atoms with Crippen LogP contribution in [0.5, 0.6) is 0 Å². The van der Waals surface area contributed by atoms with E-state index in [0.717, 1.165) is 24.9 Å². The van der Waals surface area contributed by atoms with E-state index in [0.29, 0.717) is 0 Å². The SMILES string of the molecule is CCC1CCCCC1NCCc1csc(C)n1. The van der Waals surface area contributed by atoms with Gasteiger partial charge in [0.2, 0.25) is 0 Å². The fraction of sp³-hybridized carbons (Fsp3) is 0.786. The minimum atomic E-state index is 0.758. The van der Waals surface area contributed by atoms with Gasteiger partial charge in [0, 0.05) is 24.4 Å². The average Bonchev–Trinajstić information content (AvgIpc) is 2.76. The molecule has 17 heavy (non-hydrogen) atoms. The Labute approximate surface area is 109 Å². The Kier molecular flexibility index (Phi) is 4.99. The van der Waals surface area contributed by atoms with E-state index in [9.17, 15) is 0 Å². The minimum absolute atomic E-state index is 0.758. The standard InChI is InChI=1S/C14H24N2S/c1-3-12-6-4-5-7-14(12)15-9-8-13-10-17-11(2)16-13/h10,12,14-15H,3-9H2,1-2H3. The van der Waals surface area contributed by atoms with Gasteiger partial charge in [-0.2, -0.15) is 0 Å². The zero-order chi connectivity index (χ0) is 12.1. The number of nitrogens with zero attached hydrogens (tertiary/aromatic N) is 1. The molecule has 2 atom stereocenters. The minimum Gasteiger partial charge on any atom is -0.313 e. The van der Waals surface area contributed by atoms with Gasteiger partial charge in [0.25, 0.3) is 0 Å². The molecule has 0 spiro atoms. The van der Waals surface area contributed by atoms with Crippen molar-refractivity contribution in [3.8, 4) is 0 Å². The summed E-state index contributed by atoms with van der Waals surface area (Å²) in [5, 5.41) is 7.12. The molecule has 0 bridgehead atoms. The van der Waals surface area contributed by atoms with E-state index in [1.165, 1.54) is 42.8 Å². The van der Waals surface area contributed by atoms with Gasteiger partial charge in [-0.3, -0.25) is 0 Å². The Bertz CT molecular complexity index is 335. The van der Waals surface area contributed by atoms with E-state index in [1.807, 2.05) is 0 Å². The first-order valence-corrected chi connectivity index (χ1v) is 7.82. The second-order valence-electron chi connectivity index (χ2n) is 5.12. The second-order valence-corrected chi connectivity index (χ2v) is 6.18. The summed E-state index contributed by atoms with van der Waals surface area (Å²) >= 11 is 1.76. The molecule has 1 aliphatic rings. The number of nitrogens with one attached hydrogen (secondary N) is 1. The van der Waals surface area contributed by atoms with Gasteiger partial charge in [0.15, 0.2) is 0 Å². The molecule has 0 aromatic carbocycles. The van der Waals surface area contributed by atoms with Crippen LogP contribution in [0.2, 0.25) is 0 Å². The smallest absolute Gasteiger partial charge is 0.0897 e. The van der Waals surface area contributed by atoms with Crippen LogP contribution in [-0.2, 0) is 6.42 Å². The first-order chi connectivity index (χ1) is 8.29. The first kappa shape index (κ1) is 13.0. The Morgan fingerprint density at radius 1 is 1.41 bits per heavy atom. The van der Waals surface area contributed by atoms with Gasteiger partial charge in [-0.05, 0) is 25.7 Å². The zero-order valence-electron chi connectivity index (χ0n) is 11.0. The predicted molar refractivity (Wildman–Crippen MR) is 74.6 cm³/mol. The van der Waals surface area contributed by atoms with Crippen LogP contribution in [0.15, 0.2) is 5.38 Å².